The van der Waals surface area contributed by atoms with Gasteiger partial charge < -0.3 is 116 Å². The van der Waals surface area contributed by atoms with Crippen molar-refractivity contribution in [3.8, 4) is 12.3 Å². The van der Waals surface area contributed by atoms with E-state index in [1.54, 1.807) is 6.92 Å². The second-order valence-corrected chi connectivity index (χ2v) is 17.0. The fraction of sp³-hybridized carbons (Fsp3) is 0.717. The molecule has 31 heteroatoms. The average molecular weight is 1110 g/mol. The van der Waals surface area contributed by atoms with Gasteiger partial charge >= 0.3 is 11.9 Å². The summed E-state index contributed by atoms with van der Waals surface area (Å²) in [5.74, 6) is -5.24. The summed E-state index contributed by atoms with van der Waals surface area (Å²) < 4.78 is 55.8. The number of nitrogens with zero attached hydrogens (tertiary/aromatic N) is 1. The first kappa shape index (κ1) is 67.1. The van der Waals surface area contributed by atoms with Gasteiger partial charge in [-0.1, -0.05) is 12.8 Å². The summed E-state index contributed by atoms with van der Waals surface area (Å²) in [7, 11) is 0. The maximum Gasteiger partial charge on any atom is 0.370 e. The quantitative estimate of drug-likeness (QED) is 0.0117. The predicted molar refractivity (Wildman–Crippen MR) is 267 cm³/mol. The molecule has 0 aromatic heterocycles. The minimum atomic E-state index is -1.72. The Hall–Kier alpha value is -5.99. The topological polar surface area (TPSA) is 462 Å². The lowest BCUT2D eigenvalue weighted by atomic mass is 9.87. The number of aliphatic hydroxyl groups excluding tert-OH is 4. The van der Waals surface area contributed by atoms with Crippen molar-refractivity contribution >= 4 is 41.6 Å². The number of amides is 3. The van der Waals surface area contributed by atoms with Crippen LogP contribution >= 0.6 is 0 Å². The van der Waals surface area contributed by atoms with E-state index in [4.69, 9.17) is 76.1 Å². The van der Waals surface area contributed by atoms with Crippen LogP contribution in [0.2, 0.25) is 0 Å². The van der Waals surface area contributed by atoms with Crippen molar-refractivity contribution < 1.29 is 102 Å². The third-order valence-electron chi connectivity index (χ3n) is 11.1. The summed E-state index contributed by atoms with van der Waals surface area (Å²) in [4.78, 5) is 63.4. The number of carboxylic acids is 2. The number of carboxylic acid groups (broad SMARTS) is 2. The third-order valence-corrected chi connectivity index (χ3v) is 11.1. The molecule has 10 atom stereocenters. The SMILES string of the molecule is C#CCOCCOCCOCCOCCN(CCOCCNC(=O)CO[C@@H]([C@@H]1OC(C(=O)O)=C[C@H](NC(=N)N)[C@H]1C)[C@H](O)CO)CCOCCNC(=O)CO[C@@H]([C@@H]1OC(C(=O)O)=C[C@H](NC(=N)N)[C@H]1NC(C)=O)[C@H](O)CO. The van der Waals surface area contributed by atoms with Crippen LogP contribution in [0.4, 0.5) is 0 Å². The highest BCUT2D eigenvalue weighted by molar-refractivity contribution is 5.86. The van der Waals surface area contributed by atoms with E-state index in [1.807, 2.05) is 4.90 Å². The summed E-state index contributed by atoms with van der Waals surface area (Å²) in [6.45, 7) is 4.40. The summed E-state index contributed by atoms with van der Waals surface area (Å²) >= 11 is 0. The van der Waals surface area contributed by atoms with Gasteiger partial charge in [0, 0.05) is 45.6 Å². The number of terminal acetylenes is 1. The monoisotopic (exact) mass is 1110 g/mol. The molecule has 77 heavy (non-hydrogen) atoms. The van der Waals surface area contributed by atoms with Gasteiger partial charge in [0.15, 0.2) is 18.0 Å². The van der Waals surface area contributed by atoms with Crippen LogP contribution in [0.25, 0.3) is 0 Å². The van der Waals surface area contributed by atoms with Crippen molar-refractivity contribution in [3.05, 3.63) is 23.7 Å². The molecular formula is C46H78N10O21. The highest BCUT2D eigenvalue weighted by Crippen LogP contribution is 2.29. The lowest BCUT2D eigenvalue weighted by molar-refractivity contribution is -0.161. The number of carbonyl (C=O) groups is 5. The summed E-state index contributed by atoms with van der Waals surface area (Å²) in [5, 5.41) is 88.1. The Bertz CT molecular complexity index is 1930. The standard InChI is InChI=1S/C46H78N10O21/c1-4-10-68-16-18-72-20-21-73-19-17-71-15-9-56(7-13-69-11-5-51-36(62)26-74-40(32(60)24-57)39-28(2)30(54-45(47)48)22-34(76-39)43(64)65)8-14-70-12-6-52-37(63)27-75-41(33(61)25-58)42-38(53-29(3)59)31(55-46(49)50)23-35(77-42)44(66)67/h1,22-23,28,30-33,38-42,57-58,60-61H,5-21,24-27H2,2-3H3,(H,51,62)(H,52,63)(H,53,59)(H,64,65)(H,66,67)(H4,47,48,54)(H4,49,50,55)/t28-,30+,31+,32-,33-,38-,39-,40-,41-,42-/m1/s1. The Morgan fingerprint density at radius 2 is 1.06 bits per heavy atom. The zero-order valence-corrected chi connectivity index (χ0v) is 43.3. The van der Waals surface area contributed by atoms with Crippen LogP contribution in [0, 0.1) is 29.1 Å². The zero-order chi connectivity index (χ0) is 57.1. The van der Waals surface area contributed by atoms with Gasteiger partial charge in [-0.2, -0.15) is 0 Å². The number of nitrogens with one attached hydrogen (secondary N) is 7. The van der Waals surface area contributed by atoms with Gasteiger partial charge in [0.25, 0.3) is 0 Å². The van der Waals surface area contributed by atoms with Gasteiger partial charge in [0.1, 0.15) is 50.3 Å². The van der Waals surface area contributed by atoms with Crippen molar-refractivity contribution in [3.63, 3.8) is 0 Å². The molecule has 0 fully saturated rings. The van der Waals surface area contributed by atoms with Gasteiger partial charge in [0.05, 0.1) is 104 Å². The van der Waals surface area contributed by atoms with Crippen molar-refractivity contribution in [1.29, 1.82) is 10.8 Å². The smallest absolute Gasteiger partial charge is 0.370 e. The predicted octanol–water partition coefficient (Wildman–Crippen LogP) is -6.69. The molecule has 2 rings (SSSR count). The normalized spacial score (nSPS) is 20.6. The Morgan fingerprint density at radius 1 is 0.662 bits per heavy atom. The average Bonchev–Trinajstić information content (AvgIpc) is 3.37. The van der Waals surface area contributed by atoms with E-state index in [9.17, 15) is 54.6 Å². The molecule has 0 saturated heterocycles. The highest BCUT2D eigenvalue weighted by Gasteiger charge is 2.46. The molecule has 0 aromatic rings. The highest BCUT2D eigenvalue weighted by atomic mass is 16.6. The van der Waals surface area contributed by atoms with Crippen molar-refractivity contribution in [2.75, 3.05) is 138 Å². The fourth-order valence-electron chi connectivity index (χ4n) is 7.43. The van der Waals surface area contributed by atoms with Crippen LogP contribution in [0.1, 0.15) is 13.8 Å². The van der Waals surface area contributed by atoms with Crippen LogP contribution < -0.4 is 38.1 Å². The third kappa shape index (κ3) is 27.3. The fourth-order valence-corrected chi connectivity index (χ4v) is 7.43. The zero-order valence-electron chi connectivity index (χ0n) is 43.3. The summed E-state index contributed by atoms with van der Waals surface area (Å²) in [6.07, 6.45) is -1.45. The first-order valence-electron chi connectivity index (χ1n) is 24.5. The van der Waals surface area contributed by atoms with E-state index < -0.39 is 140 Å². The first-order valence-corrected chi connectivity index (χ1v) is 24.5. The number of ether oxygens (including phenoxy) is 10. The lowest BCUT2D eigenvalue weighted by Gasteiger charge is -2.41. The molecule has 0 aliphatic carbocycles. The first-order chi connectivity index (χ1) is 36.8. The van der Waals surface area contributed by atoms with Gasteiger partial charge in [-0.3, -0.25) is 30.1 Å². The van der Waals surface area contributed by atoms with Crippen LogP contribution in [0.3, 0.4) is 0 Å². The van der Waals surface area contributed by atoms with Crippen LogP contribution in [-0.2, 0) is 71.3 Å². The maximum atomic E-state index is 12.8. The summed E-state index contributed by atoms with van der Waals surface area (Å²) in [5.41, 5.74) is 11.0. The number of nitrogens with two attached hydrogens (primary N) is 2. The number of hydrogen-bond donors (Lipinski definition) is 15. The number of rotatable bonds is 42. The molecular weight excluding hydrogens is 1030 g/mol. The lowest BCUT2D eigenvalue weighted by Crippen LogP contribution is -2.64. The Morgan fingerprint density at radius 3 is 1.49 bits per heavy atom. The van der Waals surface area contributed by atoms with Crippen LogP contribution in [-0.4, -0.2) is 270 Å². The number of aliphatic carboxylic acids is 2. The maximum absolute atomic E-state index is 12.8. The molecule has 0 aromatic carbocycles. The Labute approximate surface area is 445 Å². The molecule has 0 saturated carbocycles. The molecule has 2 aliphatic rings. The van der Waals surface area contributed by atoms with Gasteiger partial charge in [-0.15, -0.1) is 6.42 Å². The minimum Gasteiger partial charge on any atom is -0.480 e. The van der Waals surface area contributed by atoms with E-state index in [0.717, 1.165) is 13.0 Å². The van der Waals surface area contributed by atoms with E-state index in [1.165, 1.54) is 6.08 Å². The van der Waals surface area contributed by atoms with E-state index in [0.29, 0.717) is 65.9 Å². The molecule has 0 unspecified atom stereocenters. The molecule has 31 nitrogen and oxygen atoms in total. The number of hydrogen-bond acceptors (Lipinski definition) is 22. The number of guanidine groups is 2. The van der Waals surface area contributed by atoms with E-state index >= 15 is 0 Å². The Balaban J connectivity index is 1.90. The van der Waals surface area contributed by atoms with Gasteiger partial charge in [0.2, 0.25) is 29.2 Å². The molecule has 3 amide bonds. The largest absolute Gasteiger partial charge is 0.480 e. The summed E-state index contributed by atoms with van der Waals surface area (Å²) in [6, 6.07) is -3.12. The second-order valence-electron chi connectivity index (χ2n) is 17.0. The molecule has 0 spiro atoms. The molecule has 0 radical (unpaired) electrons. The van der Waals surface area contributed by atoms with Crippen molar-refractivity contribution in [1.82, 2.24) is 31.5 Å². The van der Waals surface area contributed by atoms with Crippen LogP contribution in [0.15, 0.2) is 23.7 Å². The minimum absolute atomic E-state index is 0.0200. The van der Waals surface area contributed by atoms with E-state index in [-0.39, 0.29) is 46.1 Å². The Kier molecular flexibility index (Phi) is 33.6. The molecule has 17 N–H and O–H groups in total. The molecule has 2 heterocycles. The number of aliphatic hydroxyl groups is 4. The van der Waals surface area contributed by atoms with Crippen molar-refractivity contribution in [2.24, 2.45) is 17.4 Å². The second kappa shape index (κ2) is 38.5. The number of carbonyl (C=O) groups excluding carboxylic acids is 3. The molecule has 0 bridgehead atoms. The molecule has 438 valence electrons. The van der Waals surface area contributed by atoms with Crippen LogP contribution in [0.5, 0.6) is 0 Å². The van der Waals surface area contributed by atoms with Gasteiger partial charge in [-0.25, -0.2) is 9.59 Å². The van der Waals surface area contributed by atoms with Crippen molar-refractivity contribution in [2.45, 2.75) is 68.6 Å². The molecule has 2 aliphatic heterocycles. The van der Waals surface area contributed by atoms with Gasteiger partial charge in [-0.05, 0) is 12.2 Å². The van der Waals surface area contributed by atoms with E-state index in [2.05, 4.69) is 32.5 Å².